The third-order valence-corrected chi connectivity index (χ3v) is 5.17. The molecular weight excluding hydrogens is 298 g/mol. The highest BCUT2D eigenvalue weighted by molar-refractivity contribution is 8.00. The fourth-order valence-electron chi connectivity index (χ4n) is 2.07. The van der Waals surface area contributed by atoms with Crippen LogP contribution in [-0.4, -0.2) is 28.3 Å². The predicted molar refractivity (Wildman–Crippen MR) is 90.1 cm³/mol. The Hall–Kier alpha value is -1.49. The van der Waals surface area contributed by atoms with E-state index in [4.69, 9.17) is 0 Å². The van der Waals surface area contributed by atoms with E-state index in [0.29, 0.717) is 0 Å². The summed E-state index contributed by atoms with van der Waals surface area (Å²) in [7, 11) is 0. The molecule has 1 aromatic carbocycles. The minimum Gasteiger partial charge on any atom is -0.480 e. The van der Waals surface area contributed by atoms with Crippen LogP contribution in [0, 0.1) is 18.8 Å². The first kappa shape index (κ1) is 18.6. The number of carbonyl (C=O) groups is 2. The first-order valence-corrected chi connectivity index (χ1v) is 8.37. The van der Waals surface area contributed by atoms with E-state index < -0.39 is 12.0 Å². The maximum Gasteiger partial charge on any atom is 0.326 e. The average molecular weight is 323 g/mol. The summed E-state index contributed by atoms with van der Waals surface area (Å²) in [5.74, 6) is -1.26. The molecule has 0 aromatic heterocycles. The van der Waals surface area contributed by atoms with Crippen LogP contribution < -0.4 is 5.32 Å². The molecule has 1 rings (SSSR count). The van der Waals surface area contributed by atoms with Crippen LogP contribution in [0.3, 0.4) is 0 Å². The number of nitrogens with one attached hydrogen (secondary N) is 1. The Kier molecular flexibility index (Phi) is 6.94. The van der Waals surface area contributed by atoms with Crippen molar-refractivity contribution in [3.63, 3.8) is 0 Å². The van der Waals surface area contributed by atoms with E-state index in [9.17, 15) is 14.7 Å². The van der Waals surface area contributed by atoms with Gasteiger partial charge in [-0.15, -0.1) is 11.8 Å². The number of amides is 1. The Labute approximate surface area is 136 Å². The van der Waals surface area contributed by atoms with Crippen LogP contribution >= 0.6 is 11.8 Å². The molecule has 2 atom stereocenters. The quantitative estimate of drug-likeness (QED) is 0.755. The highest BCUT2D eigenvalue weighted by atomic mass is 32.2. The molecule has 1 amide bonds. The smallest absolute Gasteiger partial charge is 0.326 e. The largest absolute Gasteiger partial charge is 0.480 e. The number of rotatable bonds is 7. The lowest BCUT2D eigenvalue weighted by atomic mass is 10.0. The van der Waals surface area contributed by atoms with Gasteiger partial charge in [-0.2, -0.15) is 0 Å². The average Bonchev–Trinajstić information content (AvgIpc) is 2.42. The van der Waals surface area contributed by atoms with Gasteiger partial charge < -0.3 is 10.4 Å². The molecule has 0 fully saturated rings. The third kappa shape index (κ3) is 5.05. The van der Waals surface area contributed by atoms with Crippen molar-refractivity contribution in [3.8, 4) is 0 Å². The zero-order valence-electron chi connectivity index (χ0n) is 13.8. The van der Waals surface area contributed by atoms with E-state index in [1.54, 1.807) is 13.8 Å². The molecule has 4 nitrogen and oxygen atoms in total. The fourth-order valence-corrected chi connectivity index (χ4v) is 3.20. The van der Waals surface area contributed by atoms with Gasteiger partial charge in [-0.05, 0) is 30.4 Å². The number of thioether (sulfide) groups is 1. The summed E-state index contributed by atoms with van der Waals surface area (Å²) in [5.41, 5.74) is 1.12. The third-order valence-electron chi connectivity index (χ3n) is 3.44. The van der Waals surface area contributed by atoms with Gasteiger partial charge in [0.2, 0.25) is 5.91 Å². The van der Waals surface area contributed by atoms with Crippen molar-refractivity contribution in [1.82, 2.24) is 5.32 Å². The van der Waals surface area contributed by atoms with Crippen LogP contribution in [0.25, 0.3) is 0 Å². The number of carbonyl (C=O) groups excluding carboxylic acids is 1. The zero-order valence-corrected chi connectivity index (χ0v) is 14.6. The lowest BCUT2D eigenvalue weighted by molar-refractivity contribution is -0.143. The molecule has 0 heterocycles. The van der Waals surface area contributed by atoms with Crippen molar-refractivity contribution >= 4 is 23.6 Å². The molecule has 0 spiro atoms. The predicted octanol–water partition coefficient (Wildman–Crippen LogP) is 3.34. The normalized spacial score (nSPS) is 14.0. The van der Waals surface area contributed by atoms with Crippen molar-refractivity contribution in [2.45, 2.75) is 50.8 Å². The molecule has 0 radical (unpaired) electrons. The zero-order chi connectivity index (χ0) is 16.9. The van der Waals surface area contributed by atoms with Gasteiger partial charge in [0.1, 0.15) is 6.04 Å². The number of carboxylic acids is 1. The van der Waals surface area contributed by atoms with Gasteiger partial charge in [0, 0.05) is 4.90 Å². The SMILES string of the molecule is Cc1ccccc1SC(C(=O)NC(C(=O)O)C(C)C)C(C)C. The molecule has 22 heavy (non-hydrogen) atoms. The number of carboxylic acid groups (broad SMARTS) is 1. The highest BCUT2D eigenvalue weighted by Crippen LogP contribution is 2.30. The van der Waals surface area contributed by atoms with Crippen LogP contribution in [0.4, 0.5) is 0 Å². The second-order valence-electron chi connectivity index (χ2n) is 6.12. The molecular formula is C17H25NO3S. The van der Waals surface area contributed by atoms with Gasteiger partial charge >= 0.3 is 5.97 Å². The Morgan fingerprint density at radius 3 is 2.14 bits per heavy atom. The number of benzene rings is 1. The fraction of sp³-hybridized carbons (Fsp3) is 0.529. The van der Waals surface area contributed by atoms with E-state index in [1.165, 1.54) is 11.8 Å². The summed E-state index contributed by atoms with van der Waals surface area (Å²) < 4.78 is 0. The van der Waals surface area contributed by atoms with Crippen molar-refractivity contribution in [2.24, 2.45) is 11.8 Å². The summed E-state index contributed by atoms with van der Waals surface area (Å²) >= 11 is 1.49. The van der Waals surface area contributed by atoms with E-state index in [2.05, 4.69) is 5.32 Å². The molecule has 0 bridgehead atoms. The number of aryl methyl sites for hydroxylation is 1. The molecule has 122 valence electrons. The second-order valence-corrected chi connectivity index (χ2v) is 7.30. The highest BCUT2D eigenvalue weighted by Gasteiger charge is 2.30. The van der Waals surface area contributed by atoms with Crippen LogP contribution in [0.5, 0.6) is 0 Å². The van der Waals surface area contributed by atoms with Crippen LogP contribution in [0.15, 0.2) is 29.2 Å². The standard InChI is InChI=1S/C17H25NO3S/c1-10(2)14(17(20)21)18-16(19)15(11(3)4)22-13-9-7-6-8-12(13)5/h6-11,14-15H,1-5H3,(H,18,19)(H,20,21). The molecule has 5 heteroatoms. The van der Waals surface area contributed by atoms with Gasteiger partial charge in [-0.3, -0.25) is 4.79 Å². The Balaban J connectivity index is 2.89. The molecule has 0 aliphatic heterocycles. The first-order chi connectivity index (χ1) is 10.2. The Morgan fingerprint density at radius 2 is 1.68 bits per heavy atom. The molecule has 0 aliphatic carbocycles. The van der Waals surface area contributed by atoms with Crippen molar-refractivity contribution in [1.29, 1.82) is 0 Å². The number of hydrogen-bond acceptors (Lipinski definition) is 3. The summed E-state index contributed by atoms with van der Waals surface area (Å²) in [5, 5.41) is 11.6. The van der Waals surface area contributed by atoms with Gasteiger partial charge in [-0.25, -0.2) is 4.79 Å². The minimum atomic E-state index is -0.994. The maximum absolute atomic E-state index is 12.5. The number of aliphatic carboxylic acids is 1. The molecule has 2 N–H and O–H groups in total. The van der Waals surface area contributed by atoms with Crippen LogP contribution in [0.1, 0.15) is 33.3 Å². The summed E-state index contributed by atoms with van der Waals surface area (Å²) in [6, 6.07) is 7.04. The lowest BCUT2D eigenvalue weighted by Crippen LogP contribution is -2.48. The lowest BCUT2D eigenvalue weighted by Gasteiger charge is -2.24. The monoisotopic (exact) mass is 323 g/mol. The Morgan fingerprint density at radius 1 is 1.09 bits per heavy atom. The first-order valence-electron chi connectivity index (χ1n) is 7.49. The summed E-state index contributed by atoms with van der Waals surface area (Å²) in [6.07, 6.45) is 0. The molecule has 2 unspecified atom stereocenters. The molecule has 0 aliphatic rings. The maximum atomic E-state index is 12.5. The van der Waals surface area contributed by atoms with Gasteiger partial charge in [-0.1, -0.05) is 45.9 Å². The molecule has 1 aromatic rings. The van der Waals surface area contributed by atoms with Crippen molar-refractivity contribution in [3.05, 3.63) is 29.8 Å². The summed E-state index contributed by atoms with van der Waals surface area (Å²) in [6.45, 7) is 9.53. The number of hydrogen-bond donors (Lipinski definition) is 2. The van der Waals surface area contributed by atoms with E-state index in [1.807, 2.05) is 45.0 Å². The topological polar surface area (TPSA) is 66.4 Å². The van der Waals surface area contributed by atoms with Crippen LogP contribution in [0.2, 0.25) is 0 Å². The summed E-state index contributed by atoms with van der Waals surface area (Å²) in [4.78, 5) is 24.8. The van der Waals surface area contributed by atoms with Crippen molar-refractivity contribution < 1.29 is 14.7 Å². The van der Waals surface area contributed by atoms with Gasteiger partial charge in [0.15, 0.2) is 0 Å². The van der Waals surface area contributed by atoms with Gasteiger partial charge in [0.05, 0.1) is 5.25 Å². The van der Waals surface area contributed by atoms with E-state index in [-0.39, 0.29) is 23.0 Å². The van der Waals surface area contributed by atoms with E-state index in [0.717, 1.165) is 10.5 Å². The Bertz CT molecular complexity index is 528. The molecule has 0 saturated heterocycles. The molecule has 0 saturated carbocycles. The second kappa shape index (κ2) is 8.22. The van der Waals surface area contributed by atoms with Crippen molar-refractivity contribution in [2.75, 3.05) is 0 Å². The van der Waals surface area contributed by atoms with Crippen LogP contribution in [-0.2, 0) is 9.59 Å². The van der Waals surface area contributed by atoms with E-state index >= 15 is 0 Å². The minimum absolute atomic E-state index is 0.103. The van der Waals surface area contributed by atoms with Gasteiger partial charge in [0.25, 0.3) is 0 Å².